The Bertz CT molecular complexity index is 364. The highest BCUT2D eigenvalue weighted by Gasteiger charge is 2.32. The molecule has 0 saturated heterocycles. The SMILES string of the molecule is CC1CCC(S(=O)(=O)OC2C=CCCC2)CC1. The second kappa shape index (κ2) is 5.53. The molecule has 98 valence electrons. The van der Waals surface area contributed by atoms with Crippen LogP contribution in [0.4, 0.5) is 0 Å². The van der Waals surface area contributed by atoms with Crippen molar-refractivity contribution >= 4 is 10.1 Å². The van der Waals surface area contributed by atoms with Crippen LogP contribution in [0.1, 0.15) is 51.9 Å². The minimum absolute atomic E-state index is 0.215. The Labute approximate surface area is 104 Å². The van der Waals surface area contributed by atoms with Gasteiger partial charge >= 0.3 is 0 Å². The van der Waals surface area contributed by atoms with Gasteiger partial charge in [-0.05, 0) is 50.9 Å². The molecule has 2 aliphatic carbocycles. The molecule has 17 heavy (non-hydrogen) atoms. The van der Waals surface area contributed by atoms with Crippen LogP contribution < -0.4 is 0 Å². The van der Waals surface area contributed by atoms with Crippen molar-refractivity contribution in [3.8, 4) is 0 Å². The molecular formula is C13H22O3S. The summed E-state index contributed by atoms with van der Waals surface area (Å²) in [5.74, 6) is 0.663. The lowest BCUT2D eigenvalue weighted by Gasteiger charge is -2.27. The fourth-order valence-electron chi connectivity index (χ4n) is 2.63. The number of hydrogen-bond acceptors (Lipinski definition) is 3. The molecule has 3 nitrogen and oxygen atoms in total. The normalized spacial score (nSPS) is 34.8. The monoisotopic (exact) mass is 258 g/mol. The van der Waals surface area contributed by atoms with Crippen molar-refractivity contribution in [3.05, 3.63) is 12.2 Å². The molecule has 1 unspecified atom stereocenters. The second-order valence-electron chi connectivity index (χ2n) is 5.37. The summed E-state index contributed by atoms with van der Waals surface area (Å²) in [5.41, 5.74) is 0. The van der Waals surface area contributed by atoms with Crippen LogP contribution in [-0.4, -0.2) is 19.8 Å². The first-order chi connectivity index (χ1) is 8.08. The van der Waals surface area contributed by atoms with Gasteiger partial charge in [0.05, 0.1) is 11.4 Å². The largest absolute Gasteiger partial charge is 0.270 e. The molecule has 0 aromatic heterocycles. The summed E-state index contributed by atoms with van der Waals surface area (Å²) in [6.07, 6.45) is 10.1. The van der Waals surface area contributed by atoms with Crippen molar-refractivity contribution in [2.24, 2.45) is 5.92 Å². The van der Waals surface area contributed by atoms with Crippen LogP contribution in [0.15, 0.2) is 12.2 Å². The summed E-state index contributed by atoms with van der Waals surface area (Å²) in [7, 11) is -3.36. The van der Waals surface area contributed by atoms with E-state index in [0.717, 1.165) is 44.9 Å². The summed E-state index contributed by atoms with van der Waals surface area (Å²) in [6.45, 7) is 2.19. The molecule has 0 aliphatic heterocycles. The van der Waals surface area contributed by atoms with Crippen LogP contribution in [0.3, 0.4) is 0 Å². The van der Waals surface area contributed by atoms with Crippen LogP contribution in [0, 0.1) is 5.92 Å². The van der Waals surface area contributed by atoms with Crippen molar-refractivity contribution in [2.45, 2.75) is 63.2 Å². The summed E-state index contributed by atoms with van der Waals surface area (Å²) in [5, 5.41) is -0.269. The predicted molar refractivity (Wildman–Crippen MR) is 68.2 cm³/mol. The Morgan fingerprint density at radius 3 is 2.41 bits per heavy atom. The van der Waals surface area contributed by atoms with Gasteiger partial charge in [-0.1, -0.05) is 19.1 Å². The molecule has 0 N–H and O–H groups in total. The maximum atomic E-state index is 12.1. The van der Waals surface area contributed by atoms with Crippen molar-refractivity contribution in [1.29, 1.82) is 0 Å². The van der Waals surface area contributed by atoms with Gasteiger partial charge in [-0.15, -0.1) is 0 Å². The van der Waals surface area contributed by atoms with E-state index in [1.165, 1.54) is 0 Å². The molecule has 1 saturated carbocycles. The third-order valence-corrected chi connectivity index (χ3v) is 5.64. The van der Waals surface area contributed by atoms with Crippen LogP contribution in [-0.2, 0) is 14.3 Å². The smallest absolute Gasteiger partial charge is 0.262 e. The van der Waals surface area contributed by atoms with Gasteiger partial charge in [0.15, 0.2) is 0 Å². The van der Waals surface area contributed by atoms with E-state index in [9.17, 15) is 8.42 Å². The zero-order chi connectivity index (χ0) is 12.3. The zero-order valence-electron chi connectivity index (χ0n) is 10.5. The summed E-state index contributed by atoms with van der Waals surface area (Å²) in [6, 6.07) is 0. The third kappa shape index (κ3) is 3.55. The highest BCUT2D eigenvalue weighted by atomic mass is 32.2. The Hall–Kier alpha value is -0.350. The Balaban J connectivity index is 1.93. The molecule has 0 amide bonds. The van der Waals surface area contributed by atoms with Crippen LogP contribution in [0.5, 0.6) is 0 Å². The van der Waals surface area contributed by atoms with E-state index in [2.05, 4.69) is 6.92 Å². The highest BCUT2D eigenvalue weighted by molar-refractivity contribution is 7.87. The van der Waals surface area contributed by atoms with Crippen molar-refractivity contribution in [2.75, 3.05) is 0 Å². The lowest BCUT2D eigenvalue weighted by molar-refractivity contribution is 0.226. The summed E-state index contributed by atoms with van der Waals surface area (Å²) < 4.78 is 29.5. The second-order valence-corrected chi connectivity index (χ2v) is 7.21. The summed E-state index contributed by atoms with van der Waals surface area (Å²) in [4.78, 5) is 0. The topological polar surface area (TPSA) is 43.4 Å². The number of allylic oxidation sites excluding steroid dienone is 1. The fraction of sp³-hybridized carbons (Fsp3) is 0.846. The molecular weight excluding hydrogens is 236 g/mol. The van der Waals surface area contributed by atoms with E-state index >= 15 is 0 Å². The fourth-order valence-corrected chi connectivity index (χ4v) is 4.14. The zero-order valence-corrected chi connectivity index (χ0v) is 11.3. The van der Waals surface area contributed by atoms with Crippen molar-refractivity contribution in [1.82, 2.24) is 0 Å². The molecule has 0 aromatic carbocycles. The van der Waals surface area contributed by atoms with Crippen LogP contribution in [0.2, 0.25) is 0 Å². The number of rotatable bonds is 3. The highest BCUT2D eigenvalue weighted by Crippen LogP contribution is 2.30. The molecule has 1 atom stereocenters. The molecule has 0 spiro atoms. The van der Waals surface area contributed by atoms with E-state index in [0.29, 0.717) is 5.92 Å². The average Bonchev–Trinajstić information content (AvgIpc) is 2.30. The maximum Gasteiger partial charge on any atom is 0.270 e. The number of hydrogen-bond donors (Lipinski definition) is 0. The molecule has 0 heterocycles. The van der Waals surface area contributed by atoms with Gasteiger partial charge < -0.3 is 0 Å². The molecule has 0 radical (unpaired) electrons. The molecule has 1 fully saturated rings. The van der Waals surface area contributed by atoms with Gasteiger partial charge in [-0.3, -0.25) is 4.18 Å². The Morgan fingerprint density at radius 1 is 1.12 bits per heavy atom. The van der Waals surface area contributed by atoms with Crippen LogP contribution in [0.25, 0.3) is 0 Å². The lowest BCUT2D eigenvalue weighted by atomic mass is 9.91. The van der Waals surface area contributed by atoms with E-state index in [1.54, 1.807) is 0 Å². The van der Waals surface area contributed by atoms with Gasteiger partial charge in [-0.2, -0.15) is 8.42 Å². The minimum Gasteiger partial charge on any atom is -0.262 e. The molecule has 0 bridgehead atoms. The first-order valence-electron chi connectivity index (χ1n) is 6.66. The third-order valence-electron chi connectivity index (χ3n) is 3.84. The van der Waals surface area contributed by atoms with E-state index in [4.69, 9.17) is 4.18 Å². The standard InChI is InChI=1S/C13H22O3S/c1-11-7-9-13(10-8-11)17(14,15)16-12-5-3-2-4-6-12/h3,5,11-13H,2,4,6-10H2,1H3. The summed E-state index contributed by atoms with van der Waals surface area (Å²) >= 11 is 0. The van der Waals surface area contributed by atoms with Gasteiger partial charge in [0.25, 0.3) is 10.1 Å². The molecule has 4 heteroatoms. The average molecular weight is 258 g/mol. The van der Waals surface area contributed by atoms with Crippen LogP contribution >= 0.6 is 0 Å². The molecule has 2 rings (SSSR count). The van der Waals surface area contributed by atoms with E-state index in [1.807, 2.05) is 12.2 Å². The van der Waals surface area contributed by atoms with E-state index in [-0.39, 0.29) is 11.4 Å². The molecule has 2 aliphatic rings. The molecule has 0 aromatic rings. The van der Waals surface area contributed by atoms with Gasteiger partial charge in [-0.25, -0.2) is 0 Å². The van der Waals surface area contributed by atoms with Gasteiger partial charge in [0, 0.05) is 0 Å². The van der Waals surface area contributed by atoms with E-state index < -0.39 is 10.1 Å². The quantitative estimate of drug-likeness (QED) is 0.577. The first kappa shape index (κ1) is 13.1. The maximum absolute atomic E-state index is 12.1. The lowest BCUT2D eigenvalue weighted by Crippen LogP contribution is -2.31. The van der Waals surface area contributed by atoms with Crippen molar-refractivity contribution < 1.29 is 12.6 Å². The predicted octanol–water partition coefficient (Wildman–Crippen LogP) is 3.02. The first-order valence-corrected chi connectivity index (χ1v) is 8.14. The Kier molecular flexibility index (Phi) is 4.26. The van der Waals surface area contributed by atoms with Gasteiger partial charge in [0.2, 0.25) is 0 Å². The van der Waals surface area contributed by atoms with Crippen molar-refractivity contribution in [3.63, 3.8) is 0 Å². The Morgan fingerprint density at radius 2 is 1.82 bits per heavy atom. The minimum atomic E-state index is -3.36. The van der Waals surface area contributed by atoms with Gasteiger partial charge in [0.1, 0.15) is 0 Å².